The monoisotopic (exact) mass is 428 g/mol. The Kier molecular flexibility index (Phi) is 6.24. The van der Waals surface area contributed by atoms with Gasteiger partial charge in [-0.25, -0.2) is 4.79 Å². The summed E-state index contributed by atoms with van der Waals surface area (Å²) in [5, 5.41) is 0.589. The molecule has 9 nitrogen and oxygen atoms in total. The summed E-state index contributed by atoms with van der Waals surface area (Å²) in [7, 11) is 9.10. The largest absolute Gasteiger partial charge is 0.497 e. The van der Waals surface area contributed by atoms with E-state index in [9.17, 15) is 9.59 Å². The second-order valence-corrected chi connectivity index (χ2v) is 6.75. The number of nitrogens with zero attached hydrogens (tertiary/aromatic N) is 2. The zero-order valence-corrected chi connectivity index (χ0v) is 18.2. The average molecular weight is 428 g/mol. The van der Waals surface area contributed by atoms with E-state index in [2.05, 4.69) is 0 Å². The van der Waals surface area contributed by atoms with Crippen LogP contribution in [0.4, 0.5) is 4.79 Å². The van der Waals surface area contributed by atoms with Crippen LogP contribution in [0.1, 0.15) is 15.9 Å². The van der Waals surface area contributed by atoms with Crippen molar-refractivity contribution in [1.82, 2.24) is 9.63 Å². The van der Waals surface area contributed by atoms with Gasteiger partial charge in [-0.3, -0.25) is 4.79 Å². The Morgan fingerprint density at radius 3 is 2.03 bits per heavy atom. The van der Waals surface area contributed by atoms with E-state index in [0.717, 1.165) is 0 Å². The lowest BCUT2D eigenvalue weighted by Gasteiger charge is -2.13. The van der Waals surface area contributed by atoms with Gasteiger partial charge in [0.25, 0.3) is 0 Å². The lowest BCUT2D eigenvalue weighted by molar-refractivity contribution is 0.102. The lowest BCUT2D eigenvalue weighted by Crippen LogP contribution is -2.30. The van der Waals surface area contributed by atoms with Crippen LogP contribution >= 0.6 is 0 Å². The molecule has 3 rings (SSSR count). The Hall–Kier alpha value is -3.88. The van der Waals surface area contributed by atoms with Gasteiger partial charge in [0.2, 0.25) is 5.75 Å². The Morgan fingerprint density at radius 2 is 1.52 bits per heavy atom. The molecular formula is C22H24N2O7. The van der Waals surface area contributed by atoms with Gasteiger partial charge in [0.15, 0.2) is 17.3 Å². The first-order valence-corrected chi connectivity index (χ1v) is 9.28. The standard InChI is InChI=1S/C22H24N2O7/c1-23(2)22(26)31-24-12-16(15-8-7-14(27-3)11-17(15)24)20(25)13-9-18(28-4)21(30-6)19(10-13)29-5/h7-12H,1-6H3. The predicted octanol–water partition coefficient (Wildman–Crippen LogP) is 3.02. The fourth-order valence-corrected chi connectivity index (χ4v) is 3.09. The molecule has 3 aromatic rings. The van der Waals surface area contributed by atoms with E-state index < -0.39 is 6.09 Å². The van der Waals surface area contributed by atoms with Crippen LogP contribution in [0.5, 0.6) is 23.0 Å². The Labute approximate surface area is 179 Å². The molecule has 1 aromatic heterocycles. The second kappa shape index (κ2) is 8.86. The van der Waals surface area contributed by atoms with E-state index >= 15 is 0 Å². The fraction of sp³-hybridized carbons (Fsp3) is 0.273. The molecule has 0 aliphatic carbocycles. The van der Waals surface area contributed by atoms with E-state index in [-0.39, 0.29) is 5.78 Å². The molecule has 0 fully saturated rings. The maximum Gasteiger partial charge on any atom is 0.434 e. The number of aromatic nitrogens is 1. The summed E-state index contributed by atoms with van der Waals surface area (Å²) in [6.07, 6.45) is 0.878. The van der Waals surface area contributed by atoms with Gasteiger partial charge >= 0.3 is 6.09 Å². The van der Waals surface area contributed by atoms with Crippen molar-refractivity contribution in [3.05, 3.63) is 47.7 Å². The van der Waals surface area contributed by atoms with Crippen molar-refractivity contribution < 1.29 is 33.4 Å². The molecule has 164 valence electrons. The summed E-state index contributed by atoms with van der Waals surface area (Å²) in [6.45, 7) is 0. The first kappa shape index (κ1) is 21.8. The molecule has 31 heavy (non-hydrogen) atoms. The van der Waals surface area contributed by atoms with Crippen LogP contribution in [-0.2, 0) is 0 Å². The average Bonchev–Trinajstić information content (AvgIpc) is 3.14. The van der Waals surface area contributed by atoms with Crippen LogP contribution in [0.25, 0.3) is 10.9 Å². The summed E-state index contributed by atoms with van der Waals surface area (Å²) >= 11 is 0. The van der Waals surface area contributed by atoms with Crippen LogP contribution in [0.2, 0.25) is 0 Å². The van der Waals surface area contributed by atoms with Crippen molar-refractivity contribution in [2.45, 2.75) is 0 Å². The number of hydrogen-bond donors (Lipinski definition) is 0. The molecule has 1 heterocycles. The summed E-state index contributed by atoms with van der Waals surface area (Å²) < 4.78 is 22.6. The first-order chi connectivity index (χ1) is 14.8. The SMILES string of the molecule is COc1ccc2c(C(=O)c3cc(OC)c(OC)c(OC)c3)cn(OC(=O)N(C)C)c2c1. The van der Waals surface area contributed by atoms with E-state index in [1.54, 1.807) is 44.4 Å². The van der Waals surface area contributed by atoms with Crippen LogP contribution in [-0.4, -0.2) is 64.0 Å². The highest BCUT2D eigenvalue weighted by Crippen LogP contribution is 2.39. The van der Waals surface area contributed by atoms with Gasteiger partial charge < -0.3 is 28.7 Å². The number of amides is 1. The Morgan fingerprint density at radius 1 is 0.871 bits per heavy atom. The van der Waals surface area contributed by atoms with Crippen molar-refractivity contribution in [2.75, 3.05) is 42.5 Å². The minimum Gasteiger partial charge on any atom is -0.497 e. The van der Waals surface area contributed by atoms with Crippen LogP contribution in [0.15, 0.2) is 36.5 Å². The molecule has 0 N–H and O–H groups in total. The maximum absolute atomic E-state index is 13.4. The predicted molar refractivity (Wildman–Crippen MR) is 114 cm³/mol. The van der Waals surface area contributed by atoms with E-state index in [1.165, 1.54) is 44.3 Å². The molecule has 0 bridgehead atoms. The van der Waals surface area contributed by atoms with Crippen molar-refractivity contribution >= 4 is 22.8 Å². The normalized spacial score (nSPS) is 10.5. The minimum absolute atomic E-state index is 0.311. The number of carbonyl (C=O) groups is 2. The summed E-state index contributed by atoms with van der Waals surface area (Å²) in [6, 6.07) is 8.29. The highest BCUT2D eigenvalue weighted by molar-refractivity contribution is 6.17. The van der Waals surface area contributed by atoms with Crippen LogP contribution in [0.3, 0.4) is 0 Å². The molecular weight excluding hydrogens is 404 g/mol. The van der Waals surface area contributed by atoms with Crippen molar-refractivity contribution in [3.8, 4) is 23.0 Å². The topological polar surface area (TPSA) is 88.5 Å². The van der Waals surface area contributed by atoms with Crippen molar-refractivity contribution in [1.29, 1.82) is 0 Å². The zero-order valence-electron chi connectivity index (χ0n) is 18.2. The third-order valence-corrected chi connectivity index (χ3v) is 4.69. The summed E-state index contributed by atoms with van der Waals surface area (Å²) in [4.78, 5) is 32.2. The molecule has 0 spiro atoms. The van der Waals surface area contributed by atoms with Gasteiger partial charge in [0.1, 0.15) is 5.75 Å². The van der Waals surface area contributed by atoms with Gasteiger partial charge in [0, 0.05) is 31.1 Å². The number of ether oxygens (including phenoxy) is 4. The van der Waals surface area contributed by atoms with Gasteiger partial charge in [-0.1, -0.05) is 0 Å². The number of ketones is 1. The van der Waals surface area contributed by atoms with Gasteiger partial charge in [-0.2, -0.15) is 4.73 Å². The molecule has 0 aliphatic heterocycles. The van der Waals surface area contributed by atoms with E-state index in [0.29, 0.717) is 45.0 Å². The second-order valence-electron chi connectivity index (χ2n) is 6.75. The summed E-state index contributed by atoms with van der Waals surface area (Å²) in [5.41, 5.74) is 1.16. The number of rotatable bonds is 7. The molecule has 0 radical (unpaired) electrons. The number of benzene rings is 2. The molecule has 0 unspecified atom stereocenters. The minimum atomic E-state index is -0.591. The molecule has 0 aliphatic rings. The smallest absolute Gasteiger partial charge is 0.434 e. The quantitative estimate of drug-likeness (QED) is 0.535. The van der Waals surface area contributed by atoms with Crippen molar-refractivity contribution in [2.24, 2.45) is 0 Å². The molecule has 9 heteroatoms. The molecule has 0 atom stereocenters. The Bertz CT molecular complexity index is 1110. The lowest BCUT2D eigenvalue weighted by atomic mass is 10.0. The van der Waals surface area contributed by atoms with Crippen molar-refractivity contribution in [3.63, 3.8) is 0 Å². The zero-order chi connectivity index (χ0) is 22.7. The summed E-state index contributed by atoms with van der Waals surface area (Å²) in [5.74, 6) is 1.34. The van der Waals surface area contributed by atoms with Gasteiger partial charge in [-0.15, -0.1) is 0 Å². The third-order valence-electron chi connectivity index (χ3n) is 4.69. The maximum atomic E-state index is 13.4. The number of fused-ring (bicyclic) bond motifs is 1. The molecule has 2 aromatic carbocycles. The van der Waals surface area contributed by atoms with Crippen LogP contribution in [0, 0.1) is 0 Å². The Balaban J connectivity index is 2.16. The third kappa shape index (κ3) is 4.07. The number of hydrogen-bond acceptors (Lipinski definition) is 7. The van der Waals surface area contributed by atoms with E-state index in [4.69, 9.17) is 23.8 Å². The van der Waals surface area contributed by atoms with E-state index in [1.807, 2.05) is 0 Å². The molecule has 1 amide bonds. The number of carbonyl (C=O) groups excluding carboxylic acids is 2. The fourth-order valence-electron chi connectivity index (χ4n) is 3.09. The molecule has 0 saturated carbocycles. The highest BCUT2D eigenvalue weighted by Gasteiger charge is 2.23. The van der Waals surface area contributed by atoms with Gasteiger partial charge in [-0.05, 0) is 24.3 Å². The van der Waals surface area contributed by atoms with Crippen LogP contribution < -0.4 is 23.8 Å². The first-order valence-electron chi connectivity index (χ1n) is 9.28. The highest BCUT2D eigenvalue weighted by atomic mass is 16.7. The molecule has 0 saturated heterocycles. The number of methoxy groups -OCH3 is 4. The van der Waals surface area contributed by atoms with Gasteiger partial charge in [0.05, 0.1) is 45.7 Å².